The van der Waals surface area contributed by atoms with Gasteiger partial charge < -0.3 is 5.32 Å². The van der Waals surface area contributed by atoms with Crippen LogP contribution in [0.3, 0.4) is 0 Å². The molecule has 2 aliphatic heterocycles. The summed E-state index contributed by atoms with van der Waals surface area (Å²) >= 11 is 1.73. The summed E-state index contributed by atoms with van der Waals surface area (Å²) in [5, 5.41) is 2.80. The standard InChI is InChI=1S/C9H13NO2S/c11-7-2-5-13-6-9(7)3-1-4-10-8(9)12/h1-6H2,(H,10,12). The van der Waals surface area contributed by atoms with Crippen LogP contribution in [0.15, 0.2) is 0 Å². The molecule has 0 radical (unpaired) electrons. The molecule has 2 aliphatic rings. The minimum absolute atomic E-state index is 0.0315. The molecule has 2 rings (SSSR count). The second-order valence-corrected chi connectivity index (χ2v) is 4.77. The van der Waals surface area contributed by atoms with E-state index in [1.54, 1.807) is 11.8 Å². The molecule has 13 heavy (non-hydrogen) atoms. The highest BCUT2D eigenvalue weighted by Crippen LogP contribution is 2.37. The van der Waals surface area contributed by atoms with E-state index in [0.717, 1.165) is 25.1 Å². The highest BCUT2D eigenvalue weighted by atomic mass is 32.2. The summed E-state index contributed by atoms with van der Waals surface area (Å²) in [5.74, 6) is 1.70. The molecule has 1 unspecified atom stereocenters. The predicted molar refractivity (Wildman–Crippen MR) is 51.6 cm³/mol. The van der Waals surface area contributed by atoms with Crippen molar-refractivity contribution in [2.75, 3.05) is 18.1 Å². The number of ketones is 1. The smallest absolute Gasteiger partial charge is 0.234 e. The number of piperidine rings is 1. The molecule has 2 fully saturated rings. The molecular weight excluding hydrogens is 186 g/mol. The summed E-state index contributed by atoms with van der Waals surface area (Å²) in [6, 6.07) is 0. The number of carbonyl (C=O) groups is 2. The third-order valence-electron chi connectivity index (χ3n) is 2.86. The van der Waals surface area contributed by atoms with Crippen LogP contribution >= 0.6 is 11.8 Å². The van der Waals surface area contributed by atoms with Crippen LogP contribution in [0.2, 0.25) is 0 Å². The zero-order valence-corrected chi connectivity index (χ0v) is 8.28. The van der Waals surface area contributed by atoms with E-state index in [2.05, 4.69) is 5.32 Å². The maximum atomic E-state index is 11.7. The molecule has 1 amide bonds. The van der Waals surface area contributed by atoms with Gasteiger partial charge in [0.25, 0.3) is 0 Å². The van der Waals surface area contributed by atoms with E-state index < -0.39 is 5.41 Å². The lowest BCUT2D eigenvalue weighted by atomic mass is 9.76. The molecule has 0 saturated carbocycles. The number of nitrogens with one attached hydrogen (secondary N) is 1. The summed E-state index contributed by atoms with van der Waals surface area (Å²) in [6.07, 6.45) is 2.26. The quantitative estimate of drug-likeness (QED) is 0.581. The largest absolute Gasteiger partial charge is 0.355 e. The van der Waals surface area contributed by atoms with E-state index in [4.69, 9.17) is 0 Å². The zero-order chi connectivity index (χ0) is 9.31. The van der Waals surface area contributed by atoms with Gasteiger partial charge in [0.15, 0.2) is 0 Å². The molecule has 0 aromatic carbocycles. The van der Waals surface area contributed by atoms with Gasteiger partial charge in [0.2, 0.25) is 5.91 Å². The van der Waals surface area contributed by atoms with E-state index in [9.17, 15) is 9.59 Å². The van der Waals surface area contributed by atoms with Crippen LogP contribution in [0.4, 0.5) is 0 Å². The molecule has 1 atom stereocenters. The lowest BCUT2D eigenvalue weighted by molar-refractivity contribution is -0.143. The number of hydrogen-bond acceptors (Lipinski definition) is 3. The lowest BCUT2D eigenvalue weighted by Crippen LogP contribution is -2.53. The molecule has 2 saturated heterocycles. The Morgan fingerprint density at radius 1 is 1.38 bits per heavy atom. The molecule has 1 spiro atoms. The Kier molecular flexibility index (Phi) is 2.32. The topological polar surface area (TPSA) is 46.2 Å². The fraction of sp³-hybridized carbons (Fsp3) is 0.778. The van der Waals surface area contributed by atoms with Crippen molar-refractivity contribution in [1.82, 2.24) is 5.32 Å². The van der Waals surface area contributed by atoms with Gasteiger partial charge in [-0.2, -0.15) is 11.8 Å². The molecule has 1 N–H and O–H groups in total. The van der Waals surface area contributed by atoms with Gasteiger partial charge in [-0.25, -0.2) is 0 Å². The van der Waals surface area contributed by atoms with Crippen molar-refractivity contribution >= 4 is 23.5 Å². The highest BCUT2D eigenvalue weighted by molar-refractivity contribution is 7.99. The van der Waals surface area contributed by atoms with Crippen molar-refractivity contribution in [2.45, 2.75) is 19.3 Å². The van der Waals surface area contributed by atoms with Crippen LogP contribution in [0.1, 0.15) is 19.3 Å². The summed E-state index contributed by atoms with van der Waals surface area (Å²) < 4.78 is 0. The Morgan fingerprint density at radius 3 is 2.92 bits per heavy atom. The van der Waals surface area contributed by atoms with E-state index in [1.807, 2.05) is 0 Å². The maximum Gasteiger partial charge on any atom is 0.234 e. The molecule has 0 aromatic heterocycles. The Morgan fingerprint density at radius 2 is 2.23 bits per heavy atom. The minimum Gasteiger partial charge on any atom is -0.355 e. The lowest BCUT2D eigenvalue weighted by Gasteiger charge is -2.36. The van der Waals surface area contributed by atoms with Crippen molar-refractivity contribution in [3.05, 3.63) is 0 Å². The Labute approximate surface area is 81.6 Å². The fourth-order valence-electron chi connectivity index (χ4n) is 2.01. The average Bonchev–Trinajstić information content (AvgIpc) is 2.15. The van der Waals surface area contributed by atoms with E-state index in [0.29, 0.717) is 12.2 Å². The Balaban J connectivity index is 2.23. The maximum absolute atomic E-state index is 11.7. The first-order valence-electron chi connectivity index (χ1n) is 4.65. The molecule has 2 heterocycles. The molecule has 4 heteroatoms. The van der Waals surface area contributed by atoms with Crippen molar-refractivity contribution in [3.8, 4) is 0 Å². The van der Waals surface area contributed by atoms with Gasteiger partial charge in [-0.15, -0.1) is 0 Å². The van der Waals surface area contributed by atoms with Gasteiger partial charge in [0.05, 0.1) is 0 Å². The van der Waals surface area contributed by atoms with Crippen LogP contribution in [0.5, 0.6) is 0 Å². The van der Waals surface area contributed by atoms with Crippen LogP contribution in [-0.4, -0.2) is 29.7 Å². The first-order chi connectivity index (χ1) is 6.26. The van der Waals surface area contributed by atoms with Crippen molar-refractivity contribution in [1.29, 1.82) is 0 Å². The number of hydrogen-bond donors (Lipinski definition) is 1. The Hall–Kier alpha value is -0.510. The monoisotopic (exact) mass is 199 g/mol. The number of Topliss-reactive ketones (excluding diaryl/α,β-unsaturated/α-hetero) is 1. The van der Waals surface area contributed by atoms with E-state index in [-0.39, 0.29) is 11.7 Å². The van der Waals surface area contributed by atoms with Gasteiger partial charge in [-0.3, -0.25) is 9.59 Å². The highest BCUT2D eigenvalue weighted by Gasteiger charge is 2.47. The number of amides is 1. The van der Waals surface area contributed by atoms with Gasteiger partial charge in [0.1, 0.15) is 11.2 Å². The average molecular weight is 199 g/mol. The molecule has 0 aliphatic carbocycles. The number of carbonyl (C=O) groups excluding carboxylic acids is 2. The van der Waals surface area contributed by atoms with Crippen LogP contribution in [-0.2, 0) is 9.59 Å². The molecule has 72 valence electrons. The minimum atomic E-state index is -0.652. The van der Waals surface area contributed by atoms with Gasteiger partial charge in [0, 0.05) is 24.5 Å². The SMILES string of the molecule is O=C1CCSCC12CCCNC2=O. The van der Waals surface area contributed by atoms with Gasteiger partial charge >= 0.3 is 0 Å². The third kappa shape index (κ3) is 1.37. The van der Waals surface area contributed by atoms with Gasteiger partial charge in [-0.1, -0.05) is 0 Å². The zero-order valence-electron chi connectivity index (χ0n) is 7.47. The molecule has 0 bridgehead atoms. The second kappa shape index (κ2) is 3.33. The summed E-state index contributed by atoms with van der Waals surface area (Å²) in [4.78, 5) is 23.3. The number of rotatable bonds is 0. The number of thioether (sulfide) groups is 1. The predicted octanol–water partition coefficient (Wildman–Crippen LogP) is 0.589. The fourth-order valence-corrected chi connectivity index (χ4v) is 3.27. The van der Waals surface area contributed by atoms with Crippen LogP contribution < -0.4 is 5.32 Å². The van der Waals surface area contributed by atoms with Gasteiger partial charge in [-0.05, 0) is 12.8 Å². The summed E-state index contributed by atoms with van der Waals surface area (Å²) in [5.41, 5.74) is -0.652. The normalized spacial score (nSPS) is 34.8. The molecular formula is C9H13NO2S. The molecule has 0 aromatic rings. The Bertz CT molecular complexity index is 226. The van der Waals surface area contributed by atoms with E-state index >= 15 is 0 Å². The van der Waals surface area contributed by atoms with E-state index in [1.165, 1.54) is 0 Å². The van der Waals surface area contributed by atoms with Crippen molar-refractivity contribution < 1.29 is 9.59 Å². The van der Waals surface area contributed by atoms with Crippen molar-refractivity contribution in [3.63, 3.8) is 0 Å². The second-order valence-electron chi connectivity index (χ2n) is 3.67. The molecule has 3 nitrogen and oxygen atoms in total. The van der Waals surface area contributed by atoms with Crippen LogP contribution in [0, 0.1) is 5.41 Å². The summed E-state index contributed by atoms with van der Waals surface area (Å²) in [7, 11) is 0. The first kappa shape index (κ1) is 9.06. The van der Waals surface area contributed by atoms with Crippen molar-refractivity contribution in [2.24, 2.45) is 5.41 Å². The van der Waals surface area contributed by atoms with Crippen LogP contribution in [0.25, 0.3) is 0 Å². The summed E-state index contributed by atoms with van der Waals surface area (Å²) in [6.45, 7) is 0.735. The third-order valence-corrected chi connectivity index (χ3v) is 4.05. The first-order valence-corrected chi connectivity index (χ1v) is 5.80.